The highest BCUT2D eigenvalue weighted by atomic mass is 35.5. The van der Waals surface area contributed by atoms with Crippen LogP contribution in [-0.2, 0) is 24.3 Å². The third-order valence-electron chi connectivity index (χ3n) is 8.09. The number of benzene rings is 2. The summed E-state index contributed by atoms with van der Waals surface area (Å²) in [7, 11) is 0. The van der Waals surface area contributed by atoms with E-state index in [0.29, 0.717) is 31.1 Å². The van der Waals surface area contributed by atoms with Crippen LogP contribution in [0.1, 0.15) is 86.5 Å². The Morgan fingerprint density at radius 3 is 2.38 bits per heavy atom. The second-order valence-electron chi connectivity index (χ2n) is 11.5. The minimum Gasteiger partial charge on any atom is -0.345 e. The van der Waals surface area contributed by atoms with Crippen LogP contribution < -0.4 is 0 Å². The van der Waals surface area contributed by atoms with Crippen LogP contribution in [0.3, 0.4) is 0 Å². The van der Waals surface area contributed by atoms with Crippen LogP contribution in [0.2, 0.25) is 5.02 Å². The number of aryl methyl sites for hydroxylation is 1. The van der Waals surface area contributed by atoms with Crippen molar-refractivity contribution in [3.05, 3.63) is 94.3 Å². The number of carbonyl (C=O) groups excluding carboxylic acids is 2. The molecule has 214 valence electrons. The molecule has 0 N–H and O–H groups in total. The maximum atomic E-state index is 14.1. The van der Waals surface area contributed by atoms with Gasteiger partial charge in [-0.3, -0.25) is 9.59 Å². The lowest BCUT2D eigenvalue weighted by molar-refractivity contribution is -0.135. The van der Waals surface area contributed by atoms with Crippen LogP contribution in [0.5, 0.6) is 0 Å². The molecule has 6 heteroatoms. The molecule has 5 nitrogen and oxygen atoms in total. The Hall–Kier alpha value is -3.05. The lowest BCUT2D eigenvalue weighted by atomic mass is 9.94. The first kappa shape index (κ1) is 29.9. The van der Waals surface area contributed by atoms with Crippen molar-refractivity contribution < 1.29 is 9.59 Å². The van der Waals surface area contributed by atoms with Gasteiger partial charge in [0.05, 0.1) is 6.54 Å². The predicted octanol–water partition coefficient (Wildman–Crippen LogP) is 7.60. The maximum Gasteiger partial charge on any atom is 0.254 e. The zero-order valence-electron chi connectivity index (χ0n) is 24.3. The van der Waals surface area contributed by atoms with Gasteiger partial charge in [0.1, 0.15) is 6.54 Å². The molecule has 1 saturated carbocycles. The van der Waals surface area contributed by atoms with E-state index in [-0.39, 0.29) is 24.4 Å². The Morgan fingerprint density at radius 2 is 1.70 bits per heavy atom. The molecule has 0 saturated heterocycles. The van der Waals surface area contributed by atoms with E-state index in [1.807, 2.05) is 59.5 Å². The van der Waals surface area contributed by atoms with Gasteiger partial charge in [-0.15, -0.1) is 0 Å². The second kappa shape index (κ2) is 14.5. The maximum absolute atomic E-state index is 14.1. The molecule has 0 spiro atoms. The summed E-state index contributed by atoms with van der Waals surface area (Å²) in [5.41, 5.74) is 3.97. The molecule has 0 atom stereocenters. The van der Waals surface area contributed by atoms with Gasteiger partial charge in [0.15, 0.2) is 0 Å². The minimum absolute atomic E-state index is 0.0275. The van der Waals surface area contributed by atoms with Gasteiger partial charge in [-0.25, -0.2) is 0 Å². The fourth-order valence-corrected chi connectivity index (χ4v) is 5.73. The van der Waals surface area contributed by atoms with Crippen molar-refractivity contribution in [3.63, 3.8) is 0 Å². The summed E-state index contributed by atoms with van der Waals surface area (Å²) in [6.07, 6.45) is 9.35. The average Bonchev–Trinajstić information content (AvgIpc) is 3.41. The minimum atomic E-state index is -0.0673. The third-order valence-corrected chi connectivity index (χ3v) is 8.46. The van der Waals surface area contributed by atoms with Crippen LogP contribution in [0.25, 0.3) is 0 Å². The van der Waals surface area contributed by atoms with E-state index in [4.69, 9.17) is 11.6 Å². The molecular weight excluding hydrogens is 518 g/mol. The van der Waals surface area contributed by atoms with Crippen LogP contribution in [0, 0.1) is 5.92 Å². The summed E-state index contributed by atoms with van der Waals surface area (Å²) < 4.78 is 2.18. The lowest BCUT2D eigenvalue weighted by Crippen LogP contribution is -2.48. The van der Waals surface area contributed by atoms with Crippen molar-refractivity contribution in [2.45, 2.75) is 84.8 Å². The smallest absolute Gasteiger partial charge is 0.254 e. The third kappa shape index (κ3) is 8.00. The van der Waals surface area contributed by atoms with E-state index in [2.05, 4.69) is 37.6 Å². The van der Waals surface area contributed by atoms with Crippen molar-refractivity contribution >= 4 is 23.4 Å². The van der Waals surface area contributed by atoms with E-state index in [1.54, 1.807) is 4.90 Å². The number of nitrogens with zero attached hydrogens (tertiary/aromatic N) is 3. The van der Waals surface area contributed by atoms with Gasteiger partial charge in [-0.05, 0) is 73.1 Å². The molecule has 0 aliphatic heterocycles. The Balaban J connectivity index is 1.56. The fourth-order valence-electron chi connectivity index (χ4n) is 5.53. The summed E-state index contributed by atoms with van der Waals surface area (Å²) in [5, 5.41) is 0.744. The largest absolute Gasteiger partial charge is 0.345 e. The van der Waals surface area contributed by atoms with Gasteiger partial charge >= 0.3 is 0 Å². The SMILES string of the molecule is CCc1ccc(C(=O)N(CCC(C)C)CC(=O)N(Cc2cccn2Cc2ccccc2Cl)C2CCCCC2)cc1. The first-order valence-electron chi connectivity index (χ1n) is 14.9. The number of amides is 2. The van der Waals surface area contributed by atoms with Gasteiger partial charge in [0.25, 0.3) is 5.91 Å². The lowest BCUT2D eigenvalue weighted by Gasteiger charge is -2.36. The quantitative estimate of drug-likeness (QED) is 0.228. The van der Waals surface area contributed by atoms with Crippen molar-refractivity contribution in [2.75, 3.05) is 13.1 Å². The zero-order chi connectivity index (χ0) is 28.5. The molecule has 40 heavy (non-hydrogen) atoms. The second-order valence-corrected chi connectivity index (χ2v) is 11.9. The standard InChI is InChI=1S/C34H44ClN3O2/c1-4-27-16-18-28(19-17-27)34(40)37(22-20-26(2)3)25-33(39)38(30-12-6-5-7-13-30)24-31-14-10-21-36(31)23-29-11-8-9-15-32(29)35/h8-11,14-19,21,26,30H,4-7,12-13,20,22-25H2,1-3H3. The van der Waals surface area contributed by atoms with E-state index in [0.717, 1.165) is 54.8 Å². The zero-order valence-corrected chi connectivity index (χ0v) is 25.1. The van der Waals surface area contributed by atoms with Crippen molar-refractivity contribution in [2.24, 2.45) is 5.92 Å². The molecule has 1 aromatic heterocycles. The Labute approximate surface area is 245 Å². The number of aromatic nitrogens is 1. The molecule has 0 bridgehead atoms. The highest BCUT2D eigenvalue weighted by Gasteiger charge is 2.29. The van der Waals surface area contributed by atoms with Gasteiger partial charge in [-0.1, -0.05) is 82.0 Å². The normalized spacial score (nSPS) is 13.9. The highest BCUT2D eigenvalue weighted by Crippen LogP contribution is 2.26. The van der Waals surface area contributed by atoms with Gasteiger partial charge in [-0.2, -0.15) is 0 Å². The highest BCUT2D eigenvalue weighted by molar-refractivity contribution is 6.31. The number of hydrogen-bond acceptors (Lipinski definition) is 2. The molecule has 0 unspecified atom stereocenters. The van der Waals surface area contributed by atoms with E-state index < -0.39 is 0 Å². The Morgan fingerprint density at radius 1 is 0.975 bits per heavy atom. The van der Waals surface area contributed by atoms with Crippen LogP contribution >= 0.6 is 11.6 Å². The Bertz CT molecular complexity index is 1240. The molecular formula is C34H44ClN3O2. The van der Waals surface area contributed by atoms with Crippen molar-refractivity contribution in [1.29, 1.82) is 0 Å². The monoisotopic (exact) mass is 561 g/mol. The predicted molar refractivity (Wildman–Crippen MR) is 164 cm³/mol. The molecule has 2 aromatic carbocycles. The molecule has 0 radical (unpaired) electrons. The topological polar surface area (TPSA) is 45.6 Å². The van der Waals surface area contributed by atoms with Gasteiger partial charge < -0.3 is 14.4 Å². The molecule has 2 amide bonds. The van der Waals surface area contributed by atoms with E-state index >= 15 is 0 Å². The summed E-state index contributed by atoms with van der Waals surface area (Å²) >= 11 is 6.46. The Kier molecular flexibility index (Phi) is 10.9. The summed E-state index contributed by atoms with van der Waals surface area (Å²) in [4.78, 5) is 31.5. The molecule has 4 rings (SSSR count). The van der Waals surface area contributed by atoms with Crippen LogP contribution in [0.15, 0.2) is 66.9 Å². The summed E-state index contributed by atoms with van der Waals surface area (Å²) in [6, 6.07) is 20.0. The first-order valence-corrected chi connectivity index (χ1v) is 15.3. The van der Waals surface area contributed by atoms with Gasteiger partial charge in [0, 0.05) is 41.6 Å². The number of hydrogen-bond donors (Lipinski definition) is 0. The molecule has 3 aromatic rings. The summed E-state index contributed by atoms with van der Waals surface area (Å²) in [6.45, 7) is 8.26. The van der Waals surface area contributed by atoms with Crippen LogP contribution in [0.4, 0.5) is 0 Å². The number of halogens is 1. The summed E-state index contributed by atoms with van der Waals surface area (Å²) in [5.74, 6) is 0.400. The molecule has 1 heterocycles. The fraction of sp³-hybridized carbons (Fsp3) is 0.471. The number of carbonyl (C=O) groups is 2. The van der Waals surface area contributed by atoms with Crippen LogP contribution in [-0.4, -0.2) is 45.3 Å². The van der Waals surface area contributed by atoms with E-state index in [1.165, 1.54) is 12.0 Å². The van der Waals surface area contributed by atoms with Crippen molar-refractivity contribution in [1.82, 2.24) is 14.4 Å². The molecule has 1 aliphatic rings. The number of rotatable bonds is 12. The van der Waals surface area contributed by atoms with Crippen molar-refractivity contribution in [3.8, 4) is 0 Å². The van der Waals surface area contributed by atoms with E-state index in [9.17, 15) is 9.59 Å². The molecule has 1 fully saturated rings. The van der Waals surface area contributed by atoms with Gasteiger partial charge in [0.2, 0.25) is 5.91 Å². The average molecular weight is 562 g/mol. The first-order chi connectivity index (χ1) is 19.4. The molecule has 1 aliphatic carbocycles.